The molecule has 2 heterocycles. The van der Waals surface area contributed by atoms with Crippen LogP contribution in [0.3, 0.4) is 0 Å². The summed E-state index contributed by atoms with van der Waals surface area (Å²) in [6, 6.07) is 13.4. The summed E-state index contributed by atoms with van der Waals surface area (Å²) in [4.78, 5) is 2.48. The number of piperidine rings is 1. The van der Waals surface area contributed by atoms with Crippen LogP contribution in [0, 0.1) is 5.92 Å². The standard InChI is InChI=1S/C26H28ClF3N4/c1-33-23(31-32-24(33)18-6-12-22(27)13-7-18)5-3-2-4-14-34-16-21-15-25(21,17-34)19-8-10-20(11-9-19)26(28,29)30/h6-13,21H,2-5,14-17H2,1H3/t21-,25+/m0/s1. The third-order valence-electron chi connectivity index (χ3n) is 7.45. The summed E-state index contributed by atoms with van der Waals surface area (Å²) >= 11 is 5.98. The third kappa shape index (κ3) is 4.60. The Hall–Kier alpha value is -2.38. The number of fused-ring (bicyclic) bond motifs is 1. The fourth-order valence-electron chi connectivity index (χ4n) is 5.42. The van der Waals surface area contributed by atoms with Gasteiger partial charge in [0.25, 0.3) is 0 Å². The first-order valence-corrected chi connectivity index (χ1v) is 12.2. The Balaban J connectivity index is 1.07. The van der Waals surface area contributed by atoms with Gasteiger partial charge in [-0.25, -0.2) is 0 Å². The van der Waals surface area contributed by atoms with Crippen molar-refractivity contribution in [3.8, 4) is 11.4 Å². The molecule has 2 atom stereocenters. The second-order valence-corrected chi connectivity index (χ2v) is 10.1. The van der Waals surface area contributed by atoms with Crippen LogP contribution in [0.2, 0.25) is 5.02 Å². The van der Waals surface area contributed by atoms with E-state index < -0.39 is 11.7 Å². The maximum atomic E-state index is 12.9. The highest BCUT2D eigenvalue weighted by atomic mass is 35.5. The molecule has 1 saturated carbocycles. The molecule has 2 fully saturated rings. The first-order valence-electron chi connectivity index (χ1n) is 11.8. The van der Waals surface area contributed by atoms with Crippen molar-refractivity contribution >= 4 is 11.6 Å². The van der Waals surface area contributed by atoms with Gasteiger partial charge in [0.2, 0.25) is 0 Å². The number of unbranched alkanes of at least 4 members (excludes halogenated alkanes) is 2. The van der Waals surface area contributed by atoms with E-state index in [-0.39, 0.29) is 5.41 Å². The van der Waals surface area contributed by atoms with E-state index in [0.29, 0.717) is 10.9 Å². The topological polar surface area (TPSA) is 34.0 Å². The van der Waals surface area contributed by atoms with Crippen LogP contribution in [-0.2, 0) is 25.1 Å². The van der Waals surface area contributed by atoms with E-state index >= 15 is 0 Å². The fourth-order valence-corrected chi connectivity index (χ4v) is 5.55. The van der Waals surface area contributed by atoms with E-state index in [2.05, 4.69) is 15.1 Å². The first kappa shape index (κ1) is 23.4. The molecule has 2 aliphatic rings. The Morgan fingerprint density at radius 1 is 1.00 bits per heavy atom. The third-order valence-corrected chi connectivity index (χ3v) is 7.70. The van der Waals surface area contributed by atoms with Gasteiger partial charge in [0.05, 0.1) is 5.56 Å². The Bertz CT molecular complexity index is 1140. The summed E-state index contributed by atoms with van der Waals surface area (Å²) in [5, 5.41) is 9.41. The molecular weight excluding hydrogens is 461 g/mol. The number of halogens is 4. The van der Waals surface area contributed by atoms with Gasteiger partial charge >= 0.3 is 6.18 Å². The lowest BCUT2D eigenvalue weighted by Crippen LogP contribution is -2.27. The molecule has 0 bridgehead atoms. The minimum atomic E-state index is -4.27. The van der Waals surface area contributed by atoms with Gasteiger partial charge in [0, 0.05) is 42.6 Å². The van der Waals surface area contributed by atoms with Crippen molar-refractivity contribution in [2.24, 2.45) is 13.0 Å². The van der Waals surface area contributed by atoms with Crippen LogP contribution in [0.1, 0.15) is 42.6 Å². The molecule has 0 N–H and O–H groups in total. The van der Waals surface area contributed by atoms with Crippen LogP contribution in [-0.4, -0.2) is 39.3 Å². The predicted octanol–water partition coefficient (Wildman–Crippen LogP) is 6.14. The highest BCUT2D eigenvalue weighted by molar-refractivity contribution is 6.30. The van der Waals surface area contributed by atoms with Crippen LogP contribution >= 0.6 is 11.6 Å². The van der Waals surface area contributed by atoms with Crippen molar-refractivity contribution in [3.63, 3.8) is 0 Å². The highest BCUT2D eigenvalue weighted by Crippen LogP contribution is 2.59. The number of nitrogens with zero attached hydrogens (tertiary/aromatic N) is 4. The summed E-state index contributed by atoms with van der Waals surface area (Å²) in [5.41, 5.74) is 1.57. The molecule has 0 amide bonds. The van der Waals surface area contributed by atoms with Crippen molar-refractivity contribution in [1.29, 1.82) is 0 Å². The number of rotatable bonds is 8. The summed E-state index contributed by atoms with van der Waals surface area (Å²) in [7, 11) is 2.00. The minimum absolute atomic E-state index is 0.0703. The van der Waals surface area contributed by atoms with Crippen LogP contribution in [0.25, 0.3) is 11.4 Å². The smallest absolute Gasteiger partial charge is 0.314 e. The number of alkyl halides is 3. The number of aryl methyl sites for hydroxylation is 1. The second-order valence-electron chi connectivity index (χ2n) is 9.68. The largest absolute Gasteiger partial charge is 0.416 e. The molecule has 3 aromatic rings. The van der Waals surface area contributed by atoms with Crippen molar-refractivity contribution in [2.75, 3.05) is 19.6 Å². The zero-order valence-electron chi connectivity index (χ0n) is 19.2. The van der Waals surface area contributed by atoms with Gasteiger partial charge in [-0.2, -0.15) is 13.2 Å². The van der Waals surface area contributed by atoms with Gasteiger partial charge in [-0.1, -0.05) is 30.2 Å². The molecule has 5 rings (SSSR count). The van der Waals surface area contributed by atoms with E-state index in [0.717, 1.165) is 74.5 Å². The van der Waals surface area contributed by atoms with Crippen LogP contribution in [0.5, 0.6) is 0 Å². The van der Waals surface area contributed by atoms with Gasteiger partial charge in [-0.05, 0) is 73.7 Å². The zero-order valence-corrected chi connectivity index (χ0v) is 19.9. The number of aromatic nitrogens is 3. The summed E-state index contributed by atoms with van der Waals surface area (Å²) in [6.45, 7) is 3.04. The lowest BCUT2D eigenvalue weighted by Gasteiger charge is -2.21. The maximum Gasteiger partial charge on any atom is 0.416 e. The van der Waals surface area contributed by atoms with E-state index in [1.54, 1.807) is 12.1 Å². The molecule has 0 spiro atoms. The summed E-state index contributed by atoms with van der Waals surface area (Å²) in [5.74, 6) is 2.40. The summed E-state index contributed by atoms with van der Waals surface area (Å²) in [6.07, 6.45) is 0.971. The molecule has 34 heavy (non-hydrogen) atoms. The monoisotopic (exact) mass is 488 g/mol. The Morgan fingerprint density at radius 2 is 1.74 bits per heavy atom. The second kappa shape index (κ2) is 9.00. The van der Waals surface area contributed by atoms with Gasteiger partial charge < -0.3 is 9.47 Å². The Labute approximate surface area is 202 Å². The summed E-state index contributed by atoms with van der Waals surface area (Å²) < 4.78 is 40.7. The Kier molecular flexibility index (Phi) is 6.19. The molecular formula is C26H28ClF3N4. The molecule has 4 nitrogen and oxygen atoms in total. The first-order chi connectivity index (χ1) is 16.3. The van der Waals surface area contributed by atoms with Gasteiger partial charge in [-0.15, -0.1) is 10.2 Å². The van der Waals surface area contributed by atoms with E-state index in [1.165, 1.54) is 12.1 Å². The van der Waals surface area contributed by atoms with E-state index in [4.69, 9.17) is 11.6 Å². The van der Waals surface area contributed by atoms with Gasteiger partial charge in [0.1, 0.15) is 5.82 Å². The van der Waals surface area contributed by atoms with Crippen molar-refractivity contribution in [2.45, 2.75) is 43.7 Å². The van der Waals surface area contributed by atoms with Crippen LogP contribution in [0.15, 0.2) is 48.5 Å². The normalized spacial score (nSPS) is 22.2. The average Bonchev–Trinajstić information content (AvgIpc) is 3.19. The Morgan fingerprint density at radius 3 is 2.44 bits per heavy atom. The molecule has 1 aromatic heterocycles. The number of benzene rings is 2. The molecule has 1 aliphatic heterocycles. The number of hydrogen-bond donors (Lipinski definition) is 0. The molecule has 0 unspecified atom stereocenters. The average molecular weight is 489 g/mol. The predicted molar refractivity (Wildman–Crippen MR) is 127 cm³/mol. The van der Waals surface area contributed by atoms with Crippen molar-refractivity contribution < 1.29 is 13.2 Å². The highest BCUT2D eigenvalue weighted by Gasteiger charge is 2.60. The SMILES string of the molecule is Cn1c(CCCCCN2C[C@@H]3C[C@]3(c3ccc(C(F)(F)F)cc3)C2)nnc1-c1ccc(Cl)cc1. The van der Waals surface area contributed by atoms with Crippen molar-refractivity contribution in [3.05, 3.63) is 70.5 Å². The number of hydrogen-bond acceptors (Lipinski definition) is 3. The van der Waals surface area contributed by atoms with Gasteiger partial charge in [0.15, 0.2) is 5.82 Å². The fraction of sp³-hybridized carbons (Fsp3) is 0.462. The van der Waals surface area contributed by atoms with E-state index in [9.17, 15) is 13.2 Å². The van der Waals surface area contributed by atoms with Crippen molar-refractivity contribution in [1.82, 2.24) is 19.7 Å². The molecule has 1 saturated heterocycles. The minimum Gasteiger partial charge on any atom is -0.314 e. The quantitative estimate of drug-likeness (QED) is 0.357. The lowest BCUT2D eigenvalue weighted by molar-refractivity contribution is -0.137. The van der Waals surface area contributed by atoms with Gasteiger partial charge in [-0.3, -0.25) is 0 Å². The molecule has 0 radical (unpaired) electrons. The molecule has 1 aliphatic carbocycles. The maximum absolute atomic E-state index is 12.9. The lowest BCUT2D eigenvalue weighted by atomic mass is 9.94. The molecule has 2 aromatic carbocycles. The number of likely N-dealkylation sites (tertiary alicyclic amines) is 1. The van der Waals surface area contributed by atoms with Crippen LogP contribution < -0.4 is 0 Å². The zero-order chi connectivity index (χ0) is 23.9. The molecule has 8 heteroatoms. The van der Waals surface area contributed by atoms with Crippen LogP contribution in [0.4, 0.5) is 13.2 Å². The molecule has 180 valence electrons. The van der Waals surface area contributed by atoms with E-state index in [1.807, 2.05) is 35.9 Å².